The fraction of sp³-hybridized carbons (Fsp3) is 0.500. The molecular weight excluding hydrogens is 366 g/mol. The highest BCUT2D eigenvalue weighted by Crippen LogP contribution is 2.29. The molecule has 0 aliphatic carbocycles. The van der Waals surface area contributed by atoms with Gasteiger partial charge in [-0.3, -0.25) is 9.89 Å². The van der Waals surface area contributed by atoms with Gasteiger partial charge in [0, 0.05) is 54.8 Å². The van der Waals surface area contributed by atoms with Gasteiger partial charge in [0.05, 0.1) is 6.61 Å². The molecule has 1 atom stereocenters. The molecule has 1 fully saturated rings. The number of likely N-dealkylation sites (tertiary alicyclic amines) is 1. The number of fused-ring (bicyclic) bond motifs is 1. The number of rotatable bonds is 5. The van der Waals surface area contributed by atoms with E-state index in [2.05, 4.69) is 39.7 Å². The first-order chi connectivity index (χ1) is 14.0. The summed E-state index contributed by atoms with van der Waals surface area (Å²) in [6.07, 6.45) is 1.98. The minimum Gasteiger partial charge on any atom is -0.383 e. The molecule has 0 unspecified atom stereocenters. The van der Waals surface area contributed by atoms with E-state index in [1.807, 2.05) is 24.0 Å². The molecule has 1 saturated heterocycles. The quantitative estimate of drug-likeness (QED) is 0.719. The lowest BCUT2D eigenvalue weighted by molar-refractivity contribution is 0.0705. The van der Waals surface area contributed by atoms with Crippen LogP contribution in [0.25, 0.3) is 10.9 Å². The monoisotopic (exact) mass is 395 g/mol. The Balaban J connectivity index is 1.59. The third kappa shape index (κ3) is 3.67. The van der Waals surface area contributed by atoms with Crippen LogP contribution < -0.4 is 0 Å². The molecule has 3 aromatic rings. The number of ether oxygens (including phenoxy) is 1. The van der Waals surface area contributed by atoms with Gasteiger partial charge in [-0.15, -0.1) is 0 Å². The van der Waals surface area contributed by atoms with Crippen LogP contribution >= 0.6 is 0 Å². The van der Waals surface area contributed by atoms with Crippen LogP contribution in [0.15, 0.2) is 18.2 Å². The summed E-state index contributed by atoms with van der Waals surface area (Å²) in [5.41, 5.74) is 4.34. The zero-order valence-electron chi connectivity index (χ0n) is 17.7. The number of nitrogens with one attached hydrogen (secondary N) is 1. The number of aromatic amines is 1. The number of hydrogen-bond donors (Lipinski definition) is 1. The summed E-state index contributed by atoms with van der Waals surface area (Å²) < 4.78 is 7.52. The van der Waals surface area contributed by atoms with Gasteiger partial charge in [-0.25, -0.2) is 4.98 Å². The number of nitrogens with zero attached hydrogens (tertiary/aromatic N) is 4. The molecule has 0 saturated carbocycles. The van der Waals surface area contributed by atoms with Gasteiger partial charge < -0.3 is 14.2 Å². The van der Waals surface area contributed by atoms with E-state index in [1.54, 1.807) is 7.11 Å². The first-order valence-electron chi connectivity index (χ1n) is 10.3. The number of aromatic nitrogens is 4. The van der Waals surface area contributed by atoms with E-state index in [0.717, 1.165) is 54.0 Å². The number of hydrogen-bond acceptors (Lipinski definition) is 4. The van der Waals surface area contributed by atoms with Gasteiger partial charge in [0.1, 0.15) is 5.82 Å². The molecule has 0 spiro atoms. The fourth-order valence-corrected chi connectivity index (χ4v) is 4.35. The zero-order valence-corrected chi connectivity index (χ0v) is 17.7. The third-order valence-corrected chi connectivity index (χ3v) is 6.09. The predicted molar refractivity (Wildman–Crippen MR) is 112 cm³/mol. The Morgan fingerprint density at radius 3 is 2.86 bits per heavy atom. The molecule has 3 heterocycles. The summed E-state index contributed by atoms with van der Waals surface area (Å²) in [6, 6.07) is 6.07. The lowest BCUT2D eigenvalue weighted by Crippen LogP contribution is -2.39. The molecular formula is C22H29N5O2. The average molecular weight is 396 g/mol. The van der Waals surface area contributed by atoms with Crippen molar-refractivity contribution in [2.75, 3.05) is 26.8 Å². The molecule has 1 aromatic carbocycles. The number of methoxy groups -OCH3 is 1. The van der Waals surface area contributed by atoms with Crippen molar-refractivity contribution in [2.45, 2.75) is 46.1 Å². The van der Waals surface area contributed by atoms with Crippen molar-refractivity contribution in [1.82, 2.24) is 24.6 Å². The van der Waals surface area contributed by atoms with Crippen LogP contribution in [0.5, 0.6) is 0 Å². The highest BCUT2D eigenvalue weighted by Gasteiger charge is 2.28. The number of aryl methyl sites for hydroxylation is 2. The summed E-state index contributed by atoms with van der Waals surface area (Å²) in [5, 5.41) is 8.36. The van der Waals surface area contributed by atoms with E-state index in [0.29, 0.717) is 13.2 Å². The van der Waals surface area contributed by atoms with Crippen LogP contribution in [-0.4, -0.2) is 57.4 Å². The summed E-state index contributed by atoms with van der Waals surface area (Å²) in [4.78, 5) is 19.7. The minimum absolute atomic E-state index is 0.0885. The molecule has 1 N–H and O–H groups in total. The Hall–Kier alpha value is -2.67. The molecule has 4 rings (SSSR count). The Labute approximate surface area is 171 Å². The van der Waals surface area contributed by atoms with Crippen molar-refractivity contribution >= 4 is 16.8 Å². The van der Waals surface area contributed by atoms with Crippen molar-refractivity contribution in [1.29, 1.82) is 0 Å². The summed E-state index contributed by atoms with van der Waals surface area (Å²) in [6.45, 7) is 9.08. The van der Waals surface area contributed by atoms with Gasteiger partial charge in [0.25, 0.3) is 5.91 Å². The highest BCUT2D eigenvalue weighted by molar-refractivity contribution is 5.99. The number of benzene rings is 1. The van der Waals surface area contributed by atoms with E-state index in [1.165, 1.54) is 11.3 Å². The standard InChI is InChI=1S/C22H29N5O2/c1-14-15(2)27(10-11-29-4)20-8-7-17(12-19(14)20)22(28)26-9-5-6-18(13-26)21-23-16(3)24-25-21/h7-8,12,18H,5-6,9-11,13H2,1-4H3,(H,23,24,25)/t18-/m1/s1. The normalized spacial score (nSPS) is 17.2. The first-order valence-corrected chi connectivity index (χ1v) is 10.3. The fourth-order valence-electron chi connectivity index (χ4n) is 4.35. The van der Waals surface area contributed by atoms with Crippen LogP contribution in [0.1, 0.15) is 52.0 Å². The number of carbonyl (C=O) groups excluding carboxylic acids is 1. The van der Waals surface area contributed by atoms with E-state index < -0.39 is 0 Å². The topological polar surface area (TPSA) is 76.0 Å². The molecule has 154 valence electrons. The molecule has 7 nitrogen and oxygen atoms in total. The highest BCUT2D eigenvalue weighted by atomic mass is 16.5. The maximum Gasteiger partial charge on any atom is 0.253 e. The van der Waals surface area contributed by atoms with E-state index >= 15 is 0 Å². The number of H-pyrrole nitrogens is 1. The SMILES string of the molecule is COCCn1c(C)c(C)c2cc(C(=O)N3CCC[C@@H](c4n[nH]c(C)n4)C3)ccc21. The lowest BCUT2D eigenvalue weighted by Gasteiger charge is -2.31. The van der Waals surface area contributed by atoms with Crippen LogP contribution in [0.2, 0.25) is 0 Å². The summed E-state index contributed by atoms with van der Waals surface area (Å²) in [5.74, 6) is 1.92. The van der Waals surface area contributed by atoms with Gasteiger partial charge in [0.2, 0.25) is 0 Å². The van der Waals surface area contributed by atoms with Gasteiger partial charge >= 0.3 is 0 Å². The van der Waals surface area contributed by atoms with Crippen molar-refractivity contribution < 1.29 is 9.53 Å². The Kier molecular flexibility index (Phi) is 5.41. The largest absolute Gasteiger partial charge is 0.383 e. The molecule has 1 amide bonds. The Morgan fingerprint density at radius 1 is 1.31 bits per heavy atom. The van der Waals surface area contributed by atoms with Crippen molar-refractivity contribution in [3.8, 4) is 0 Å². The maximum absolute atomic E-state index is 13.3. The predicted octanol–water partition coefficient (Wildman–Crippen LogP) is 3.35. The second-order valence-electron chi connectivity index (χ2n) is 7.96. The zero-order chi connectivity index (χ0) is 20.5. The second kappa shape index (κ2) is 7.99. The van der Waals surface area contributed by atoms with Crippen molar-refractivity contribution in [2.24, 2.45) is 0 Å². The smallest absolute Gasteiger partial charge is 0.253 e. The molecule has 1 aliphatic rings. The van der Waals surface area contributed by atoms with Crippen molar-refractivity contribution in [3.63, 3.8) is 0 Å². The maximum atomic E-state index is 13.3. The molecule has 2 aromatic heterocycles. The van der Waals surface area contributed by atoms with Crippen LogP contribution in [-0.2, 0) is 11.3 Å². The molecule has 1 aliphatic heterocycles. The first kappa shape index (κ1) is 19.6. The van der Waals surface area contributed by atoms with E-state index in [-0.39, 0.29) is 11.8 Å². The Bertz CT molecular complexity index is 1040. The molecule has 0 radical (unpaired) electrons. The number of carbonyl (C=O) groups is 1. The number of amides is 1. The van der Waals surface area contributed by atoms with Gasteiger partial charge in [-0.1, -0.05) is 0 Å². The number of piperidine rings is 1. The van der Waals surface area contributed by atoms with Gasteiger partial charge in [-0.05, 0) is 57.4 Å². The third-order valence-electron chi connectivity index (χ3n) is 6.09. The summed E-state index contributed by atoms with van der Waals surface area (Å²) in [7, 11) is 1.72. The van der Waals surface area contributed by atoms with Crippen LogP contribution in [0, 0.1) is 20.8 Å². The molecule has 7 heteroatoms. The van der Waals surface area contributed by atoms with E-state index in [4.69, 9.17) is 4.74 Å². The second-order valence-corrected chi connectivity index (χ2v) is 7.96. The molecule has 29 heavy (non-hydrogen) atoms. The van der Waals surface area contributed by atoms with Crippen LogP contribution in [0.3, 0.4) is 0 Å². The minimum atomic E-state index is 0.0885. The van der Waals surface area contributed by atoms with Gasteiger partial charge in [0.15, 0.2) is 5.82 Å². The molecule has 0 bridgehead atoms. The van der Waals surface area contributed by atoms with E-state index in [9.17, 15) is 4.79 Å². The summed E-state index contributed by atoms with van der Waals surface area (Å²) >= 11 is 0. The lowest BCUT2D eigenvalue weighted by atomic mass is 9.96. The van der Waals surface area contributed by atoms with Crippen molar-refractivity contribution in [3.05, 3.63) is 46.7 Å². The van der Waals surface area contributed by atoms with Gasteiger partial charge in [-0.2, -0.15) is 5.10 Å². The average Bonchev–Trinajstić information content (AvgIpc) is 3.28. The van der Waals surface area contributed by atoms with Crippen LogP contribution in [0.4, 0.5) is 0 Å². The Morgan fingerprint density at radius 2 is 2.14 bits per heavy atom.